The van der Waals surface area contributed by atoms with Gasteiger partial charge >= 0.3 is 0 Å². The van der Waals surface area contributed by atoms with Crippen molar-refractivity contribution in [1.82, 2.24) is 5.32 Å². The minimum atomic E-state index is -0.00702. The van der Waals surface area contributed by atoms with Gasteiger partial charge in [-0.1, -0.05) is 41.6 Å². The van der Waals surface area contributed by atoms with Crippen LogP contribution in [-0.4, -0.2) is 11.8 Å². The first kappa shape index (κ1) is 11.4. The fraction of sp³-hybridized carbons (Fsp3) is 0.300. The number of hydrogen-bond donors (Lipinski definition) is 1. The second-order valence-electron chi connectivity index (χ2n) is 2.70. The number of carbonyl (C=O) groups excluding carboxylic acids is 1. The standard InChI is InChI=1S/C10H12ClNOS/c1-2-12-10(13)14-7-8-5-3-4-6-9(8)11/h3-6H,2,7H2,1H3,(H,12,13). The van der Waals surface area contributed by atoms with Crippen LogP contribution in [0.15, 0.2) is 24.3 Å². The fourth-order valence-corrected chi connectivity index (χ4v) is 2.02. The number of hydrogen-bond acceptors (Lipinski definition) is 2. The Balaban J connectivity index is 2.46. The monoisotopic (exact) mass is 229 g/mol. The molecule has 0 fully saturated rings. The molecule has 14 heavy (non-hydrogen) atoms. The average Bonchev–Trinajstić information content (AvgIpc) is 2.17. The Morgan fingerprint density at radius 2 is 2.21 bits per heavy atom. The van der Waals surface area contributed by atoms with Crippen LogP contribution in [-0.2, 0) is 5.75 Å². The van der Waals surface area contributed by atoms with E-state index in [4.69, 9.17) is 11.6 Å². The molecule has 4 heteroatoms. The maximum Gasteiger partial charge on any atom is 0.279 e. The van der Waals surface area contributed by atoms with Crippen molar-refractivity contribution in [2.24, 2.45) is 0 Å². The predicted molar refractivity (Wildman–Crippen MR) is 61.8 cm³/mol. The van der Waals surface area contributed by atoms with Crippen molar-refractivity contribution < 1.29 is 4.79 Å². The van der Waals surface area contributed by atoms with Crippen molar-refractivity contribution in [3.05, 3.63) is 34.9 Å². The third-order valence-corrected chi connectivity index (χ3v) is 2.87. The number of benzene rings is 1. The van der Waals surface area contributed by atoms with Crippen molar-refractivity contribution >= 4 is 28.6 Å². The molecule has 0 spiro atoms. The summed E-state index contributed by atoms with van der Waals surface area (Å²) < 4.78 is 0. The van der Waals surface area contributed by atoms with Crippen LogP contribution in [0.5, 0.6) is 0 Å². The van der Waals surface area contributed by atoms with Gasteiger partial charge < -0.3 is 5.32 Å². The predicted octanol–water partition coefficient (Wildman–Crippen LogP) is 3.30. The molecule has 76 valence electrons. The van der Waals surface area contributed by atoms with Crippen molar-refractivity contribution in [3.63, 3.8) is 0 Å². The molecule has 0 saturated carbocycles. The van der Waals surface area contributed by atoms with E-state index in [1.807, 2.05) is 31.2 Å². The van der Waals surface area contributed by atoms with Crippen LogP contribution in [0, 0.1) is 0 Å². The van der Waals surface area contributed by atoms with Crippen LogP contribution < -0.4 is 5.32 Å². The summed E-state index contributed by atoms with van der Waals surface area (Å²) >= 11 is 7.17. The van der Waals surface area contributed by atoms with Gasteiger partial charge in [-0.15, -0.1) is 0 Å². The second-order valence-corrected chi connectivity index (χ2v) is 4.05. The summed E-state index contributed by atoms with van der Waals surface area (Å²) in [7, 11) is 0. The molecular formula is C10H12ClNOS. The Morgan fingerprint density at radius 1 is 1.50 bits per heavy atom. The quantitative estimate of drug-likeness (QED) is 0.862. The summed E-state index contributed by atoms with van der Waals surface area (Å²) in [6.45, 7) is 2.56. The number of nitrogens with one attached hydrogen (secondary N) is 1. The molecule has 1 amide bonds. The summed E-state index contributed by atoms with van der Waals surface area (Å²) in [5, 5.41) is 3.42. The highest BCUT2D eigenvalue weighted by Gasteiger charge is 2.03. The van der Waals surface area contributed by atoms with Crippen molar-refractivity contribution in [2.45, 2.75) is 12.7 Å². The number of rotatable bonds is 3. The second kappa shape index (κ2) is 5.94. The zero-order valence-electron chi connectivity index (χ0n) is 7.92. The zero-order chi connectivity index (χ0) is 10.4. The summed E-state index contributed by atoms with van der Waals surface area (Å²) in [5.74, 6) is 0.617. The summed E-state index contributed by atoms with van der Waals surface area (Å²) in [4.78, 5) is 11.1. The maximum absolute atomic E-state index is 11.1. The van der Waals surface area contributed by atoms with E-state index >= 15 is 0 Å². The molecule has 0 aromatic heterocycles. The summed E-state index contributed by atoms with van der Waals surface area (Å²) in [5.41, 5.74) is 0.991. The zero-order valence-corrected chi connectivity index (χ0v) is 9.49. The Kier molecular flexibility index (Phi) is 4.84. The first-order valence-electron chi connectivity index (χ1n) is 4.38. The topological polar surface area (TPSA) is 29.1 Å². The molecule has 0 atom stereocenters. The van der Waals surface area contributed by atoms with E-state index in [2.05, 4.69) is 5.32 Å². The highest BCUT2D eigenvalue weighted by atomic mass is 35.5. The van der Waals surface area contributed by atoms with Crippen LogP contribution in [0.1, 0.15) is 12.5 Å². The lowest BCUT2D eigenvalue weighted by atomic mass is 10.2. The molecule has 0 unspecified atom stereocenters. The van der Waals surface area contributed by atoms with Crippen molar-refractivity contribution in [1.29, 1.82) is 0 Å². The highest BCUT2D eigenvalue weighted by Crippen LogP contribution is 2.20. The number of carbonyl (C=O) groups is 1. The Labute approximate surface area is 93.0 Å². The van der Waals surface area contributed by atoms with E-state index in [0.717, 1.165) is 5.56 Å². The van der Waals surface area contributed by atoms with E-state index in [-0.39, 0.29) is 5.24 Å². The van der Waals surface area contributed by atoms with Gasteiger partial charge in [0, 0.05) is 17.3 Å². The van der Waals surface area contributed by atoms with E-state index in [1.165, 1.54) is 11.8 Å². The Hall–Kier alpha value is -0.670. The molecular weight excluding hydrogens is 218 g/mol. The summed E-state index contributed by atoms with van der Waals surface area (Å²) in [6, 6.07) is 7.55. The minimum Gasteiger partial charge on any atom is -0.347 e. The first-order valence-corrected chi connectivity index (χ1v) is 5.74. The van der Waals surface area contributed by atoms with Crippen LogP contribution >= 0.6 is 23.4 Å². The molecule has 0 bridgehead atoms. The van der Waals surface area contributed by atoms with Gasteiger partial charge in [-0.3, -0.25) is 4.79 Å². The molecule has 0 saturated heterocycles. The van der Waals surface area contributed by atoms with Crippen LogP contribution in [0.25, 0.3) is 0 Å². The minimum absolute atomic E-state index is 0.00702. The lowest BCUT2D eigenvalue weighted by molar-refractivity contribution is 0.261. The van der Waals surface area contributed by atoms with Gasteiger partial charge in [0.1, 0.15) is 0 Å². The lowest BCUT2D eigenvalue weighted by Gasteiger charge is -2.03. The van der Waals surface area contributed by atoms with Crippen molar-refractivity contribution in [3.8, 4) is 0 Å². The largest absolute Gasteiger partial charge is 0.347 e. The van der Waals surface area contributed by atoms with E-state index < -0.39 is 0 Å². The third kappa shape index (κ3) is 3.60. The molecule has 1 N–H and O–H groups in total. The smallest absolute Gasteiger partial charge is 0.279 e. The van der Waals surface area contributed by atoms with Gasteiger partial charge in [0.25, 0.3) is 5.24 Å². The molecule has 0 aliphatic heterocycles. The number of amides is 1. The Morgan fingerprint density at radius 3 is 2.86 bits per heavy atom. The van der Waals surface area contributed by atoms with Crippen LogP contribution in [0.4, 0.5) is 4.79 Å². The van der Waals surface area contributed by atoms with Gasteiger partial charge in [-0.25, -0.2) is 0 Å². The van der Waals surface area contributed by atoms with Crippen molar-refractivity contribution in [2.75, 3.05) is 6.54 Å². The molecule has 1 aromatic rings. The van der Waals surface area contributed by atoms with E-state index in [9.17, 15) is 4.79 Å². The lowest BCUT2D eigenvalue weighted by Crippen LogP contribution is -2.17. The Bertz CT molecular complexity index is 317. The number of thioether (sulfide) groups is 1. The average molecular weight is 230 g/mol. The normalized spacial score (nSPS) is 9.86. The van der Waals surface area contributed by atoms with Gasteiger partial charge in [-0.05, 0) is 18.6 Å². The SMILES string of the molecule is CCNC(=O)SCc1ccccc1Cl. The van der Waals surface area contributed by atoms with Gasteiger partial charge in [0.2, 0.25) is 0 Å². The molecule has 1 rings (SSSR count). The maximum atomic E-state index is 11.1. The first-order chi connectivity index (χ1) is 6.74. The van der Waals surface area contributed by atoms with Gasteiger partial charge in [0.05, 0.1) is 0 Å². The highest BCUT2D eigenvalue weighted by molar-refractivity contribution is 8.12. The van der Waals surface area contributed by atoms with Gasteiger partial charge in [-0.2, -0.15) is 0 Å². The van der Waals surface area contributed by atoms with E-state index in [0.29, 0.717) is 17.3 Å². The van der Waals surface area contributed by atoms with Crippen LogP contribution in [0.3, 0.4) is 0 Å². The van der Waals surface area contributed by atoms with Crippen LogP contribution in [0.2, 0.25) is 5.02 Å². The molecule has 0 aliphatic carbocycles. The van der Waals surface area contributed by atoms with E-state index in [1.54, 1.807) is 0 Å². The summed E-state index contributed by atoms with van der Waals surface area (Å²) in [6.07, 6.45) is 0. The van der Waals surface area contributed by atoms with Gasteiger partial charge in [0.15, 0.2) is 0 Å². The molecule has 0 heterocycles. The molecule has 0 aliphatic rings. The molecule has 2 nitrogen and oxygen atoms in total. The molecule has 1 aromatic carbocycles. The number of halogens is 1. The fourth-order valence-electron chi connectivity index (χ4n) is 0.954. The molecule has 0 radical (unpaired) electrons. The third-order valence-electron chi connectivity index (χ3n) is 1.64.